The van der Waals surface area contributed by atoms with Crippen LogP contribution in [0.15, 0.2) is 29.2 Å². The Morgan fingerprint density at radius 2 is 2.08 bits per heavy atom. The predicted molar refractivity (Wildman–Crippen MR) is 92.3 cm³/mol. The lowest BCUT2D eigenvalue weighted by Crippen LogP contribution is -2.34. The van der Waals surface area contributed by atoms with Crippen LogP contribution >= 0.6 is 0 Å². The first-order valence-electron chi connectivity index (χ1n) is 8.81. The molecule has 3 aromatic rings. The highest BCUT2D eigenvalue weighted by molar-refractivity contribution is 5.39. The molecule has 25 heavy (non-hydrogen) atoms. The number of aromatic nitrogens is 5. The molecule has 1 aliphatic carbocycles. The van der Waals surface area contributed by atoms with Gasteiger partial charge in [-0.05, 0) is 31.4 Å². The molecule has 1 fully saturated rings. The van der Waals surface area contributed by atoms with E-state index in [0.29, 0.717) is 18.1 Å². The summed E-state index contributed by atoms with van der Waals surface area (Å²) in [7, 11) is 0. The zero-order valence-corrected chi connectivity index (χ0v) is 14.2. The number of rotatable bonds is 3. The molecule has 1 saturated carbocycles. The minimum Gasteiger partial charge on any atom is -0.312 e. The van der Waals surface area contributed by atoms with Crippen molar-refractivity contribution in [1.82, 2.24) is 29.0 Å². The van der Waals surface area contributed by atoms with Gasteiger partial charge in [0.1, 0.15) is 17.3 Å². The fourth-order valence-corrected chi connectivity index (χ4v) is 3.58. The van der Waals surface area contributed by atoms with Gasteiger partial charge in [0.05, 0.1) is 12.2 Å². The molecule has 128 valence electrons. The summed E-state index contributed by atoms with van der Waals surface area (Å²) in [6, 6.07) is 5.52. The lowest BCUT2D eigenvalue weighted by Gasteiger charge is -2.27. The topological polar surface area (TPSA) is 68.3 Å². The van der Waals surface area contributed by atoms with E-state index >= 15 is 0 Å². The number of fused-ring (bicyclic) bond motifs is 2. The van der Waals surface area contributed by atoms with Crippen molar-refractivity contribution in [2.75, 3.05) is 6.54 Å². The second kappa shape index (κ2) is 5.49. The van der Waals surface area contributed by atoms with Crippen LogP contribution in [-0.2, 0) is 19.6 Å². The number of hydrogen-bond acceptors (Lipinski definition) is 5. The van der Waals surface area contributed by atoms with Gasteiger partial charge in [-0.25, -0.2) is 4.98 Å². The largest absolute Gasteiger partial charge is 0.312 e. The molecular formula is C18H20N6O. The summed E-state index contributed by atoms with van der Waals surface area (Å²) in [5, 5.41) is 8.75. The Kier molecular flexibility index (Phi) is 3.24. The second-order valence-corrected chi connectivity index (χ2v) is 7.13. The van der Waals surface area contributed by atoms with Crippen molar-refractivity contribution in [3.8, 4) is 0 Å². The van der Waals surface area contributed by atoms with Gasteiger partial charge in [0, 0.05) is 37.8 Å². The maximum atomic E-state index is 12.4. The van der Waals surface area contributed by atoms with E-state index in [9.17, 15) is 4.79 Å². The van der Waals surface area contributed by atoms with E-state index < -0.39 is 0 Å². The summed E-state index contributed by atoms with van der Waals surface area (Å²) in [6.07, 6.45) is 4.32. The number of nitrogens with zero attached hydrogens (tertiary/aromatic N) is 6. The first-order chi connectivity index (χ1) is 12.2. The monoisotopic (exact) mass is 336 g/mol. The maximum absolute atomic E-state index is 12.4. The van der Waals surface area contributed by atoms with Crippen molar-refractivity contribution in [1.29, 1.82) is 0 Å². The SMILES string of the molecule is Cc1ccc2nc(CN3CCn4c(nnc4C4CC4)C3)cc(=O)n2c1. The molecule has 0 spiro atoms. The fourth-order valence-electron chi connectivity index (χ4n) is 3.58. The van der Waals surface area contributed by atoms with Crippen molar-refractivity contribution in [2.45, 2.75) is 45.3 Å². The Bertz CT molecular complexity index is 1020. The van der Waals surface area contributed by atoms with Crippen LogP contribution in [0.3, 0.4) is 0 Å². The van der Waals surface area contributed by atoms with Crippen molar-refractivity contribution < 1.29 is 0 Å². The first-order valence-corrected chi connectivity index (χ1v) is 8.81. The summed E-state index contributed by atoms with van der Waals surface area (Å²) in [5.74, 6) is 2.81. The third-order valence-corrected chi connectivity index (χ3v) is 5.05. The van der Waals surface area contributed by atoms with Crippen LogP contribution in [0.25, 0.3) is 5.65 Å². The van der Waals surface area contributed by atoms with Crippen molar-refractivity contribution in [3.05, 3.63) is 57.7 Å². The molecule has 3 aromatic heterocycles. The smallest absolute Gasteiger partial charge is 0.258 e. The Balaban J connectivity index is 1.39. The second-order valence-electron chi connectivity index (χ2n) is 7.13. The summed E-state index contributed by atoms with van der Waals surface area (Å²) in [4.78, 5) is 19.3. The minimum atomic E-state index is -0.0279. The Morgan fingerprint density at radius 3 is 2.92 bits per heavy atom. The van der Waals surface area contributed by atoms with E-state index in [1.165, 1.54) is 12.8 Å². The minimum absolute atomic E-state index is 0.0279. The molecule has 7 nitrogen and oxygen atoms in total. The number of hydrogen-bond donors (Lipinski definition) is 0. The molecule has 5 rings (SSSR count). The summed E-state index contributed by atoms with van der Waals surface area (Å²) in [5.41, 5.74) is 2.53. The van der Waals surface area contributed by atoms with Crippen molar-refractivity contribution in [2.24, 2.45) is 0 Å². The van der Waals surface area contributed by atoms with Crippen LogP contribution in [0.2, 0.25) is 0 Å². The molecule has 4 heterocycles. The zero-order valence-electron chi connectivity index (χ0n) is 14.2. The van der Waals surface area contributed by atoms with E-state index in [0.717, 1.165) is 42.5 Å². The van der Waals surface area contributed by atoms with E-state index in [1.807, 2.05) is 25.3 Å². The highest BCUT2D eigenvalue weighted by Gasteiger charge is 2.32. The van der Waals surface area contributed by atoms with Crippen LogP contribution in [0.5, 0.6) is 0 Å². The van der Waals surface area contributed by atoms with Crippen LogP contribution < -0.4 is 5.56 Å². The molecule has 0 aromatic carbocycles. The molecule has 0 radical (unpaired) electrons. The third kappa shape index (κ3) is 2.64. The Hall–Kier alpha value is -2.54. The lowest BCUT2D eigenvalue weighted by molar-refractivity contribution is 0.205. The van der Waals surface area contributed by atoms with Gasteiger partial charge in [0.2, 0.25) is 0 Å². The maximum Gasteiger partial charge on any atom is 0.258 e. The molecule has 7 heteroatoms. The van der Waals surface area contributed by atoms with Gasteiger partial charge >= 0.3 is 0 Å². The zero-order chi connectivity index (χ0) is 17.0. The van der Waals surface area contributed by atoms with E-state index in [-0.39, 0.29) is 5.56 Å². The Morgan fingerprint density at radius 1 is 1.20 bits per heavy atom. The number of pyridine rings is 1. The molecule has 0 unspecified atom stereocenters. The molecule has 0 amide bonds. The average Bonchev–Trinajstić information content (AvgIpc) is 3.35. The molecule has 0 atom stereocenters. The van der Waals surface area contributed by atoms with Crippen LogP contribution in [-0.4, -0.2) is 35.6 Å². The van der Waals surface area contributed by atoms with Crippen molar-refractivity contribution in [3.63, 3.8) is 0 Å². The molecular weight excluding hydrogens is 316 g/mol. The summed E-state index contributed by atoms with van der Waals surface area (Å²) < 4.78 is 3.88. The van der Waals surface area contributed by atoms with Crippen LogP contribution in [0, 0.1) is 6.92 Å². The van der Waals surface area contributed by atoms with Gasteiger partial charge in [-0.3, -0.25) is 14.1 Å². The van der Waals surface area contributed by atoms with Gasteiger partial charge in [-0.15, -0.1) is 10.2 Å². The van der Waals surface area contributed by atoms with Gasteiger partial charge < -0.3 is 4.57 Å². The van der Waals surface area contributed by atoms with Crippen LogP contribution in [0.1, 0.15) is 41.7 Å². The number of aryl methyl sites for hydroxylation is 1. The fraction of sp³-hybridized carbons (Fsp3) is 0.444. The standard InChI is InChI=1S/C18H20N6O/c1-12-2-5-15-19-14(8-17(25)24(15)9-12)10-22-6-7-23-16(11-22)20-21-18(23)13-3-4-13/h2,5,8-9,13H,3-4,6-7,10-11H2,1H3. The van der Waals surface area contributed by atoms with Gasteiger partial charge in [0.15, 0.2) is 0 Å². The highest BCUT2D eigenvalue weighted by Crippen LogP contribution is 2.39. The van der Waals surface area contributed by atoms with Gasteiger partial charge in [-0.1, -0.05) is 6.07 Å². The van der Waals surface area contributed by atoms with Gasteiger partial charge in [0.25, 0.3) is 5.56 Å². The first kappa shape index (κ1) is 14.8. The summed E-state index contributed by atoms with van der Waals surface area (Å²) >= 11 is 0. The quantitative estimate of drug-likeness (QED) is 0.725. The molecule has 0 bridgehead atoms. The van der Waals surface area contributed by atoms with Crippen LogP contribution in [0.4, 0.5) is 0 Å². The molecule has 0 N–H and O–H groups in total. The van der Waals surface area contributed by atoms with E-state index in [4.69, 9.17) is 0 Å². The molecule has 2 aliphatic rings. The predicted octanol–water partition coefficient (Wildman–Crippen LogP) is 1.49. The Labute approximate surface area is 144 Å². The highest BCUT2D eigenvalue weighted by atomic mass is 16.1. The van der Waals surface area contributed by atoms with Gasteiger partial charge in [-0.2, -0.15) is 0 Å². The summed E-state index contributed by atoms with van der Waals surface area (Å²) in [6.45, 7) is 5.24. The molecule has 1 aliphatic heterocycles. The average molecular weight is 336 g/mol. The van der Waals surface area contributed by atoms with E-state index in [2.05, 4.69) is 24.6 Å². The van der Waals surface area contributed by atoms with E-state index in [1.54, 1.807) is 10.5 Å². The normalized spacial score (nSPS) is 17.8. The third-order valence-electron chi connectivity index (χ3n) is 5.05. The lowest BCUT2D eigenvalue weighted by atomic mass is 10.2. The van der Waals surface area contributed by atoms with Crippen molar-refractivity contribution >= 4 is 5.65 Å². The molecule has 0 saturated heterocycles.